The molecule has 2 N–H and O–H groups in total. The second-order valence-corrected chi connectivity index (χ2v) is 7.28. The summed E-state index contributed by atoms with van der Waals surface area (Å²) < 4.78 is 0. The molecule has 0 bridgehead atoms. The molecule has 1 amide bonds. The summed E-state index contributed by atoms with van der Waals surface area (Å²) in [6.07, 6.45) is 7.58. The van der Waals surface area contributed by atoms with Crippen LogP contribution in [0, 0.1) is 0 Å². The Morgan fingerprint density at radius 2 is 2.19 bits per heavy atom. The molecule has 1 saturated carbocycles. The molecule has 0 radical (unpaired) electrons. The molecule has 0 spiro atoms. The number of aromatic nitrogens is 1. The van der Waals surface area contributed by atoms with Crippen LogP contribution >= 0.6 is 0 Å². The van der Waals surface area contributed by atoms with Crippen molar-refractivity contribution < 1.29 is 4.79 Å². The summed E-state index contributed by atoms with van der Waals surface area (Å²) in [4.78, 5) is 18.8. The van der Waals surface area contributed by atoms with Crippen molar-refractivity contribution in [2.45, 2.75) is 25.3 Å². The van der Waals surface area contributed by atoms with Crippen molar-refractivity contribution in [1.29, 1.82) is 0 Å². The van der Waals surface area contributed by atoms with Gasteiger partial charge in [-0.15, -0.1) is 0 Å². The molecular formula is C20H25N5O. The first-order valence-electron chi connectivity index (χ1n) is 9.16. The van der Waals surface area contributed by atoms with E-state index >= 15 is 0 Å². The third kappa shape index (κ3) is 3.57. The molecule has 1 aliphatic heterocycles. The van der Waals surface area contributed by atoms with Gasteiger partial charge in [0.25, 0.3) is 0 Å². The van der Waals surface area contributed by atoms with Gasteiger partial charge in [0, 0.05) is 37.4 Å². The molecule has 1 aromatic heterocycles. The Labute approximate surface area is 153 Å². The summed E-state index contributed by atoms with van der Waals surface area (Å²) in [5, 5.41) is 7.05. The smallest absolute Gasteiger partial charge is 0.239 e. The minimum Gasteiger partial charge on any atom is -0.318 e. The molecule has 6 heteroatoms. The Hall–Kier alpha value is -2.44. The molecule has 1 fully saturated rings. The van der Waals surface area contributed by atoms with E-state index in [9.17, 15) is 4.79 Å². The highest BCUT2D eigenvalue weighted by molar-refractivity contribution is 5.94. The molecule has 2 aromatic rings. The van der Waals surface area contributed by atoms with Crippen LogP contribution in [0.3, 0.4) is 0 Å². The van der Waals surface area contributed by atoms with Crippen LogP contribution in [0.4, 0.5) is 5.82 Å². The van der Waals surface area contributed by atoms with Crippen molar-refractivity contribution in [3.8, 4) is 0 Å². The lowest BCUT2D eigenvalue weighted by molar-refractivity contribution is -0.117. The molecule has 1 aliphatic carbocycles. The van der Waals surface area contributed by atoms with Crippen molar-refractivity contribution in [3.63, 3.8) is 0 Å². The second-order valence-electron chi connectivity index (χ2n) is 7.28. The minimum absolute atomic E-state index is 0.00766. The number of hydrazine groups is 1. The van der Waals surface area contributed by atoms with Gasteiger partial charge in [0.1, 0.15) is 5.82 Å². The van der Waals surface area contributed by atoms with E-state index in [1.165, 1.54) is 30.4 Å². The summed E-state index contributed by atoms with van der Waals surface area (Å²) >= 11 is 0. The number of amides is 1. The fourth-order valence-corrected chi connectivity index (χ4v) is 3.49. The molecule has 2 aliphatic rings. The topological polar surface area (TPSA) is 60.5 Å². The third-order valence-electron chi connectivity index (χ3n) is 5.32. The Morgan fingerprint density at radius 3 is 2.88 bits per heavy atom. The third-order valence-corrected chi connectivity index (χ3v) is 5.32. The molecule has 4 rings (SSSR count). The van der Waals surface area contributed by atoms with E-state index in [1.54, 1.807) is 0 Å². The monoisotopic (exact) mass is 351 g/mol. The van der Waals surface area contributed by atoms with Gasteiger partial charge in [-0.2, -0.15) is 0 Å². The number of rotatable bonds is 5. The summed E-state index contributed by atoms with van der Waals surface area (Å²) in [6.45, 7) is 1.24. The molecule has 2 heterocycles. The number of anilines is 1. The number of benzene rings is 1. The lowest BCUT2D eigenvalue weighted by Gasteiger charge is -2.34. The first-order chi connectivity index (χ1) is 12.6. The van der Waals surface area contributed by atoms with Gasteiger partial charge < -0.3 is 10.3 Å². The van der Waals surface area contributed by atoms with Crippen LogP contribution in [0.1, 0.15) is 24.8 Å². The largest absolute Gasteiger partial charge is 0.318 e. The molecule has 6 nitrogen and oxygen atoms in total. The minimum atomic E-state index is -0.00766. The van der Waals surface area contributed by atoms with Crippen molar-refractivity contribution in [1.82, 2.24) is 20.3 Å². The van der Waals surface area contributed by atoms with Crippen LogP contribution in [0.25, 0.3) is 16.3 Å². The van der Waals surface area contributed by atoms with Crippen LogP contribution in [0.15, 0.2) is 36.7 Å². The highest BCUT2D eigenvalue weighted by atomic mass is 16.2. The average molecular weight is 351 g/mol. The zero-order chi connectivity index (χ0) is 18.1. The first-order valence-corrected chi connectivity index (χ1v) is 9.16. The predicted octanol–water partition coefficient (Wildman–Crippen LogP) is 2.45. The maximum atomic E-state index is 12.3. The van der Waals surface area contributed by atoms with Gasteiger partial charge in [-0.25, -0.2) is 10.4 Å². The van der Waals surface area contributed by atoms with Gasteiger partial charge in [-0.1, -0.05) is 18.6 Å². The molecule has 0 unspecified atom stereocenters. The van der Waals surface area contributed by atoms with Crippen LogP contribution in [-0.4, -0.2) is 54.0 Å². The lowest BCUT2D eigenvalue weighted by Crippen LogP contribution is -2.41. The fraction of sp³-hybridized carbons (Fsp3) is 0.400. The summed E-state index contributed by atoms with van der Waals surface area (Å²) in [6, 6.07) is 8.85. The van der Waals surface area contributed by atoms with E-state index in [1.807, 2.05) is 31.4 Å². The lowest BCUT2D eigenvalue weighted by atomic mass is 9.92. The first kappa shape index (κ1) is 17.0. The summed E-state index contributed by atoms with van der Waals surface area (Å²) in [5.74, 6) is 0.601. The van der Waals surface area contributed by atoms with Crippen LogP contribution < -0.4 is 10.7 Å². The van der Waals surface area contributed by atoms with E-state index < -0.39 is 0 Å². The molecule has 1 aromatic carbocycles. The van der Waals surface area contributed by atoms with Crippen molar-refractivity contribution >= 4 is 28.1 Å². The maximum absolute atomic E-state index is 12.3. The number of hydrogen-bond acceptors (Lipinski definition) is 5. The normalized spacial score (nSPS) is 17.5. The fourth-order valence-electron chi connectivity index (χ4n) is 3.49. The Kier molecular flexibility index (Phi) is 4.61. The highest BCUT2D eigenvalue weighted by Gasteiger charge is 2.23. The Balaban J connectivity index is 1.49. The number of hydrogen-bond donors (Lipinski definition) is 2. The zero-order valence-corrected chi connectivity index (χ0v) is 15.3. The Morgan fingerprint density at radius 1 is 1.35 bits per heavy atom. The van der Waals surface area contributed by atoms with Crippen LogP contribution in [-0.2, 0) is 4.79 Å². The van der Waals surface area contributed by atoms with E-state index in [0.717, 1.165) is 17.3 Å². The summed E-state index contributed by atoms with van der Waals surface area (Å²) in [7, 11) is 4.01. The molecule has 0 saturated heterocycles. The number of likely N-dealkylation sites (N-methyl/N-ethyl adjacent to an activating group) is 1. The standard InChI is InChI=1S/C20H25N5O/c1-24(18-4-3-5-18)13-20(26)23-19-9-16-8-14(6-7-15(16)10-21-19)17-11-22-25(2)12-17/h6-10,12,18,22H,3-5,11,13H2,1-2H3,(H,21,23,26). The van der Waals surface area contributed by atoms with Crippen molar-refractivity contribution in [2.24, 2.45) is 0 Å². The van der Waals surface area contributed by atoms with Crippen LogP contribution in [0.5, 0.6) is 0 Å². The van der Waals surface area contributed by atoms with Gasteiger partial charge in [0.05, 0.1) is 6.54 Å². The summed E-state index contributed by atoms with van der Waals surface area (Å²) in [5.41, 5.74) is 5.69. The number of pyridine rings is 1. The quantitative estimate of drug-likeness (QED) is 0.866. The molecular weight excluding hydrogens is 326 g/mol. The molecule has 26 heavy (non-hydrogen) atoms. The van der Waals surface area contributed by atoms with Gasteiger partial charge in [-0.3, -0.25) is 9.69 Å². The van der Waals surface area contributed by atoms with Crippen LogP contribution in [0.2, 0.25) is 0 Å². The van der Waals surface area contributed by atoms with E-state index in [-0.39, 0.29) is 5.91 Å². The number of nitrogens with zero attached hydrogens (tertiary/aromatic N) is 3. The number of carbonyl (C=O) groups is 1. The average Bonchev–Trinajstić information content (AvgIpc) is 2.98. The highest BCUT2D eigenvalue weighted by Crippen LogP contribution is 2.25. The predicted molar refractivity (Wildman–Crippen MR) is 104 cm³/mol. The van der Waals surface area contributed by atoms with Gasteiger partial charge in [0.2, 0.25) is 5.91 Å². The Bertz CT molecular complexity index is 858. The maximum Gasteiger partial charge on any atom is 0.239 e. The van der Waals surface area contributed by atoms with Crippen molar-refractivity contribution in [3.05, 3.63) is 42.2 Å². The SMILES string of the molecule is CN1C=C(c2ccc3cnc(NC(=O)CN(C)C4CCC4)cc3c2)CN1. The van der Waals surface area contributed by atoms with Crippen molar-refractivity contribution in [2.75, 3.05) is 32.5 Å². The van der Waals surface area contributed by atoms with E-state index in [0.29, 0.717) is 18.4 Å². The number of carbonyl (C=O) groups excluding carboxylic acids is 1. The molecule has 0 atom stereocenters. The van der Waals surface area contributed by atoms with Gasteiger partial charge in [0.15, 0.2) is 0 Å². The van der Waals surface area contributed by atoms with E-state index in [4.69, 9.17) is 0 Å². The number of fused-ring (bicyclic) bond motifs is 1. The number of nitrogens with one attached hydrogen (secondary N) is 2. The molecule has 136 valence electrons. The van der Waals surface area contributed by atoms with Gasteiger partial charge in [-0.05, 0) is 48.5 Å². The van der Waals surface area contributed by atoms with Gasteiger partial charge >= 0.3 is 0 Å². The zero-order valence-electron chi connectivity index (χ0n) is 15.3. The van der Waals surface area contributed by atoms with E-state index in [2.05, 4.69) is 45.0 Å². The second kappa shape index (κ2) is 7.05.